The molecule has 136 valence electrons. The summed E-state index contributed by atoms with van der Waals surface area (Å²) in [6.07, 6.45) is 0. The lowest BCUT2D eigenvalue weighted by Crippen LogP contribution is -2.16. The molecular weight excluding hydrogens is 348 g/mol. The summed E-state index contributed by atoms with van der Waals surface area (Å²) in [4.78, 5) is 11.7. The standard InChI is InChI=1S/C16H20N2O6S/c1-6-23-15(19)9(2)25-16-18-17-14(24-16)10-7-11(20-3)13(22-5)12(8-10)21-4/h7-9H,6H2,1-5H3. The van der Waals surface area contributed by atoms with Crippen molar-refractivity contribution in [3.8, 4) is 28.7 Å². The molecule has 2 rings (SSSR count). The van der Waals surface area contributed by atoms with Crippen LogP contribution in [0, 0.1) is 0 Å². The van der Waals surface area contributed by atoms with Gasteiger partial charge >= 0.3 is 5.97 Å². The summed E-state index contributed by atoms with van der Waals surface area (Å²) in [7, 11) is 4.58. The predicted octanol–water partition coefficient (Wildman–Crippen LogP) is 2.81. The van der Waals surface area contributed by atoms with E-state index >= 15 is 0 Å². The van der Waals surface area contributed by atoms with Gasteiger partial charge in [0.05, 0.1) is 27.9 Å². The molecule has 0 radical (unpaired) electrons. The second-order valence-electron chi connectivity index (χ2n) is 4.80. The molecule has 1 aromatic heterocycles. The molecule has 2 aromatic rings. The fourth-order valence-corrected chi connectivity index (χ4v) is 2.72. The van der Waals surface area contributed by atoms with Crippen molar-refractivity contribution in [1.29, 1.82) is 0 Å². The normalized spacial score (nSPS) is 11.7. The number of esters is 1. The molecule has 0 saturated heterocycles. The van der Waals surface area contributed by atoms with Crippen LogP contribution in [0.4, 0.5) is 0 Å². The second-order valence-corrected chi connectivity index (χ2v) is 6.09. The van der Waals surface area contributed by atoms with Gasteiger partial charge in [-0.25, -0.2) is 0 Å². The van der Waals surface area contributed by atoms with Gasteiger partial charge in [0.25, 0.3) is 5.22 Å². The summed E-state index contributed by atoms with van der Waals surface area (Å²) in [6, 6.07) is 3.41. The van der Waals surface area contributed by atoms with Gasteiger partial charge in [0.15, 0.2) is 11.5 Å². The molecule has 25 heavy (non-hydrogen) atoms. The highest BCUT2D eigenvalue weighted by atomic mass is 32.2. The van der Waals surface area contributed by atoms with E-state index in [1.165, 1.54) is 21.3 Å². The van der Waals surface area contributed by atoms with Gasteiger partial charge in [-0.2, -0.15) is 0 Å². The molecule has 8 nitrogen and oxygen atoms in total. The maximum atomic E-state index is 11.7. The first-order chi connectivity index (χ1) is 12.0. The SMILES string of the molecule is CCOC(=O)C(C)Sc1nnc(-c2cc(OC)c(OC)c(OC)c2)o1. The van der Waals surface area contributed by atoms with E-state index in [0.717, 1.165) is 11.8 Å². The number of carbonyl (C=O) groups is 1. The number of hydrogen-bond acceptors (Lipinski definition) is 9. The number of aromatic nitrogens is 2. The van der Waals surface area contributed by atoms with Gasteiger partial charge in [0, 0.05) is 5.56 Å². The highest BCUT2D eigenvalue weighted by Gasteiger charge is 2.21. The van der Waals surface area contributed by atoms with Gasteiger partial charge in [-0.1, -0.05) is 11.8 Å². The molecule has 0 N–H and O–H groups in total. The summed E-state index contributed by atoms with van der Waals surface area (Å²) in [5, 5.41) is 7.78. The van der Waals surface area contributed by atoms with Crippen LogP contribution in [-0.2, 0) is 9.53 Å². The van der Waals surface area contributed by atoms with E-state index in [1.54, 1.807) is 26.0 Å². The van der Waals surface area contributed by atoms with E-state index in [9.17, 15) is 4.79 Å². The summed E-state index contributed by atoms with van der Waals surface area (Å²) >= 11 is 1.13. The fourth-order valence-electron chi connectivity index (χ4n) is 2.04. The summed E-state index contributed by atoms with van der Waals surface area (Å²) in [6.45, 7) is 3.79. The molecule has 0 spiro atoms. The summed E-state index contributed by atoms with van der Waals surface area (Å²) < 4.78 is 26.5. The van der Waals surface area contributed by atoms with Crippen molar-refractivity contribution in [2.24, 2.45) is 0 Å². The number of benzene rings is 1. The molecule has 0 aliphatic carbocycles. The Balaban J connectivity index is 2.26. The summed E-state index contributed by atoms with van der Waals surface area (Å²) in [5.74, 6) is 1.37. The molecular formula is C16H20N2O6S. The molecule has 0 bridgehead atoms. The number of rotatable bonds is 8. The zero-order valence-corrected chi connectivity index (χ0v) is 15.5. The maximum absolute atomic E-state index is 11.7. The van der Waals surface area contributed by atoms with E-state index < -0.39 is 5.25 Å². The van der Waals surface area contributed by atoms with Gasteiger partial charge < -0.3 is 23.4 Å². The predicted molar refractivity (Wildman–Crippen MR) is 91.3 cm³/mol. The number of carbonyl (C=O) groups excluding carboxylic acids is 1. The zero-order chi connectivity index (χ0) is 18.4. The number of thioether (sulfide) groups is 1. The molecule has 0 saturated carbocycles. The van der Waals surface area contributed by atoms with Crippen LogP contribution >= 0.6 is 11.8 Å². The first-order valence-electron chi connectivity index (χ1n) is 7.51. The minimum absolute atomic E-state index is 0.268. The molecule has 0 aliphatic rings. The van der Waals surface area contributed by atoms with Crippen LogP contribution in [0.3, 0.4) is 0 Å². The van der Waals surface area contributed by atoms with Crippen molar-refractivity contribution < 1.29 is 28.2 Å². The third kappa shape index (κ3) is 4.36. The van der Waals surface area contributed by atoms with Crippen LogP contribution in [0.2, 0.25) is 0 Å². The third-order valence-corrected chi connectivity index (χ3v) is 4.13. The van der Waals surface area contributed by atoms with Crippen molar-refractivity contribution in [1.82, 2.24) is 10.2 Å². The average Bonchev–Trinajstić information content (AvgIpc) is 3.08. The molecule has 1 heterocycles. The van der Waals surface area contributed by atoms with Gasteiger partial charge in [0.2, 0.25) is 11.6 Å². The van der Waals surface area contributed by atoms with Crippen LogP contribution in [-0.4, -0.2) is 49.4 Å². The Bertz CT molecular complexity index is 708. The maximum Gasteiger partial charge on any atom is 0.319 e. The average molecular weight is 368 g/mol. The van der Waals surface area contributed by atoms with Crippen molar-refractivity contribution in [3.05, 3.63) is 12.1 Å². The van der Waals surface area contributed by atoms with Gasteiger partial charge in [-0.15, -0.1) is 10.2 Å². The van der Waals surface area contributed by atoms with Gasteiger partial charge in [-0.05, 0) is 26.0 Å². The van der Waals surface area contributed by atoms with Crippen LogP contribution < -0.4 is 14.2 Å². The molecule has 0 fully saturated rings. The monoisotopic (exact) mass is 368 g/mol. The van der Waals surface area contributed by atoms with Crippen LogP contribution in [0.25, 0.3) is 11.5 Å². The third-order valence-electron chi connectivity index (χ3n) is 3.21. The Hall–Kier alpha value is -2.42. The highest BCUT2D eigenvalue weighted by molar-refractivity contribution is 8.00. The first kappa shape index (κ1) is 18.9. The van der Waals surface area contributed by atoms with E-state index in [0.29, 0.717) is 29.4 Å². The fraction of sp³-hybridized carbons (Fsp3) is 0.438. The number of hydrogen-bond donors (Lipinski definition) is 0. The lowest BCUT2D eigenvalue weighted by molar-refractivity contribution is -0.142. The Kier molecular flexibility index (Phi) is 6.51. The molecule has 0 aliphatic heterocycles. The largest absolute Gasteiger partial charge is 0.493 e. The minimum Gasteiger partial charge on any atom is -0.493 e. The minimum atomic E-state index is -0.451. The van der Waals surface area contributed by atoms with E-state index in [-0.39, 0.29) is 17.1 Å². The molecule has 9 heteroatoms. The highest BCUT2D eigenvalue weighted by Crippen LogP contribution is 2.41. The van der Waals surface area contributed by atoms with Crippen LogP contribution in [0.5, 0.6) is 17.2 Å². The van der Waals surface area contributed by atoms with Gasteiger partial charge in [-0.3, -0.25) is 4.79 Å². The quantitative estimate of drug-likeness (QED) is 0.515. The Labute approximate surface area is 149 Å². The van der Waals surface area contributed by atoms with Crippen molar-refractivity contribution in [2.45, 2.75) is 24.3 Å². The molecule has 0 amide bonds. The van der Waals surface area contributed by atoms with Crippen molar-refractivity contribution in [3.63, 3.8) is 0 Å². The van der Waals surface area contributed by atoms with E-state index in [4.69, 9.17) is 23.4 Å². The lowest BCUT2D eigenvalue weighted by Gasteiger charge is -2.12. The second kappa shape index (κ2) is 8.61. The van der Waals surface area contributed by atoms with Crippen molar-refractivity contribution in [2.75, 3.05) is 27.9 Å². The van der Waals surface area contributed by atoms with Crippen LogP contribution in [0.15, 0.2) is 21.8 Å². The molecule has 1 atom stereocenters. The smallest absolute Gasteiger partial charge is 0.319 e. The topological polar surface area (TPSA) is 92.9 Å². The molecule has 1 unspecified atom stereocenters. The number of nitrogens with zero attached hydrogens (tertiary/aromatic N) is 2. The van der Waals surface area contributed by atoms with E-state index in [2.05, 4.69) is 10.2 Å². The lowest BCUT2D eigenvalue weighted by atomic mass is 10.2. The Morgan fingerprint density at radius 1 is 1.16 bits per heavy atom. The van der Waals surface area contributed by atoms with E-state index in [1.807, 2.05) is 0 Å². The molecule has 1 aromatic carbocycles. The van der Waals surface area contributed by atoms with Crippen molar-refractivity contribution >= 4 is 17.7 Å². The Morgan fingerprint density at radius 3 is 2.32 bits per heavy atom. The van der Waals surface area contributed by atoms with Crippen LogP contribution in [0.1, 0.15) is 13.8 Å². The number of methoxy groups -OCH3 is 3. The van der Waals surface area contributed by atoms with Gasteiger partial charge in [0.1, 0.15) is 5.25 Å². The number of ether oxygens (including phenoxy) is 4. The first-order valence-corrected chi connectivity index (χ1v) is 8.39. The Morgan fingerprint density at radius 2 is 1.80 bits per heavy atom. The summed E-state index contributed by atoms with van der Waals surface area (Å²) in [5.41, 5.74) is 0.609. The zero-order valence-electron chi connectivity index (χ0n) is 14.7.